The molecular formula is C17H14N2O5S. The molecule has 0 spiro atoms. The van der Waals surface area contributed by atoms with Crippen LogP contribution in [-0.4, -0.2) is 24.2 Å². The summed E-state index contributed by atoms with van der Waals surface area (Å²) in [6.07, 6.45) is 0. The Hall–Kier alpha value is -3.13. The number of aromatic carboxylic acids is 1. The van der Waals surface area contributed by atoms with Crippen LogP contribution in [0.5, 0.6) is 0 Å². The van der Waals surface area contributed by atoms with Crippen LogP contribution in [0.25, 0.3) is 10.3 Å². The van der Waals surface area contributed by atoms with E-state index >= 15 is 0 Å². The summed E-state index contributed by atoms with van der Waals surface area (Å²) in [5, 5.41) is 12.3. The van der Waals surface area contributed by atoms with Crippen molar-refractivity contribution in [2.24, 2.45) is 0 Å². The van der Waals surface area contributed by atoms with Crippen molar-refractivity contribution in [3.63, 3.8) is 0 Å². The summed E-state index contributed by atoms with van der Waals surface area (Å²) in [5.41, 5.74) is 0.507. The summed E-state index contributed by atoms with van der Waals surface area (Å²) < 4.78 is 5.49. The maximum absolute atomic E-state index is 12.4. The highest BCUT2D eigenvalue weighted by Crippen LogP contribution is 2.32. The smallest absolute Gasteiger partial charge is 0.351 e. The van der Waals surface area contributed by atoms with Gasteiger partial charge in [-0.05, 0) is 24.6 Å². The van der Waals surface area contributed by atoms with Crippen LogP contribution in [0.1, 0.15) is 15.9 Å². The predicted octanol–water partition coefficient (Wildman–Crippen LogP) is 3.53. The van der Waals surface area contributed by atoms with E-state index in [1.807, 2.05) is 25.1 Å². The molecular weight excluding hydrogens is 344 g/mol. The van der Waals surface area contributed by atoms with E-state index < -0.39 is 17.2 Å². The van der Waals surface area contributed by atoms with Crippen molar-refractivity contribution >= 4 is 44.3 Å². The molecule has 2 amide bonds. The van der Waals surface area contributed by atoms with Gasteiger partial charge in [0.2, 0.25) is 0 Å². The van der Waals surface area contributed by atoms with Crippen molar-refractivity contribution < 1.29 is 19.1 Å². The third-order valence-electron chi connectivity index (χ3n) is 3.66. The molecule has 2 N–H and O–H groups in total. The minimum Gasteiger partial charge on any atom is -0.477 e. The largest absolute Gasteiger partial charge is 0.477 e. The molecule has 0 radical (unpaired) electrons. The number of carboxylic acids is 1. The van der Waals surface area contributed by atoms with E-state index in [2.05, 4.69) is 5.32 Å². The molecule has 8 heteroatoms. The molecule has 0 atom stereocenters. The number of nitrogens with one attached hydrogen (secondary N) is 1. The maximum Gasteiger partial charge on any atom is 0.351 e. The average Bonchev–Trinajstić information content (AvgIpc) is 2.97. The molecule has 1 aromatic carbocycles. The number of para-hydroxylation sites is 1. The third kappa shape index (κ3) is 3.24. The topological polar surface area (TPSA) is 99.9 Å². The fourth-order valence-corrected chi connectivity index (χ4v) is 3.22. The first-order chi connectivity index (χ1) is 11.9. The number of rotatable bonds is 3. The van der Waals surface area contributed by atoms with Crippen LogP contribution in [0.15, 0.2) is 45.6 Å². The van der Waals surface area contributed by atoms with Crippen molar-refractivity contribution in [3.05, 3.63) is 57.9 Å². The fraction of sp³-hybridized carbons (Fsp3) is 0.118. The van der Waals surface area contributed by atoms with Gasteiger partial charge in [0.1, 0.15) is 10.6 Å². The van der Waals surface area contributed by atoms with E-state index in [9.17, 15) is 14.4 Å². The molecule has 2 aromatic heterocycles. The van der Waals surface area contributed by atoms with Crippen LogP contribution >= 0.6 is 11.3 Å². The number of nitrogens with zero attached hydrogens (tertiary/aromatic N) is 1. The fourth-order valence-electron chi connectivity index (χ4n) is 2.23. The van der Waals surface area contributed by atoms with Crippen LogP contribution in [-0.2, 0) is 0 Å². The Bertz CT molecular complexity index is 1040. The van der Waals surface area contributed by atoms with Crippen molar-refractivity contribution in [1.29, 1.82) is 0 Å². The summed E-state index contributed by atoms with van der Waals surface area (Å²) in [4.78, 5) is 36.4. The van der Waals surface area contributed by atoms with Crippen molar-refractivity contribution in [2.75, 3.05) is 17.3 Å². The summed E-state index contributed by atoms with van der Waals surface area (Å²) >= 11 is 1.16. The van der Waals surface area contributed by atoms with Crippen molar-refractivity contribution in [2.45, 2.75) is 6.92 Å². The number of aryl methyl sites for hydroxylation is 1. The van der Waals surface area contributed by atoms with Crippen LogP contribution < -0.4 is 15.8 Å². The van der Waals surface area contributed by atoms with Crippen LogP contribution in [0, 0.1) is 6.92 Å². The van der Waals surface area contributed by atoms with Gasteiger partial charge < -0.3 is 14.8 Å². The zero-order valence-corrected chi connectivity index (χ0v) is 14.2. The Labute approximate surface area is 146 Å². The van der Waals surface area contributed by atoms with Gasteiger partial charge in [0.15, 0.2) is 5.58 Å². The minimum atomic E-state index is -1.35. The third-order valence-corrected chi connectivity index (χ3v) is 4.80. The second-order valence-electron chi connectivity index (χ2n) is 5.37. The van der Waals surface area contributed by atoms with E-state index in [-0.39, 0.29) is 11.6 Å². The lowest BCUT2D eigenvalue weighted by Gasteiger charge is -2.16. The lowest BCUT2D eigenvalue weighted by molar-refractivity contribution is 0.0692. The number of carbonyl (C=O) groups excluding carboxylic acids is 1. The van der Waals surface area contributed by atoms with Crippen LogP contribution in [0.4, 0.5) is 15.5 Å². The number of urea groups is 1. The Morgan fingerprint density at radius 3 is 2.64 bits per heavy atom. The number of amides is 2. The number of carboxylic acid groups (broad SMARTS) is 1. The monoisotopic (exact) mass is 358 g/mol. The Morgan fingerprint density at radius 2 is 1.96 bits per heavy atom. The highest BCUT2D eigenvalue weighted by atomic mass is 32.1. The summed E-state index contributed by atoms with van der Waals surface area (Å²) in [6.45, 7) is 1.89. The average molecular weight is 358 g/mol. The quantitative estimate of drug-likeness (QED) is 0.746. The first-order valence-electron chi connectivity index (χ1n) is 7.28. The lowest BCUT2D eigenvalue weighted by Crippen LogP contribution is -2.30. The van der Waals surface area contributed by atoms with Gasteiger partial charge in [0, 0.05) is 18.8 Å². The summed E-state index contributed by atoms with van der Waals surface area (Å²) in [7, 11) is 1.58. The highest BCUT2D eigenvalue weighted by Gasteiger charge is 2.18. The SMILES string of the molecule is Cc1ccccc1NC(=O)N(C)c1cc2oc(=O)c(C(=O)O)cc2s1. The zero-order chi connectivity index (χ0) is 18.1. The molecule has 0 aliphatic heterocycles. The molecule has 0 fully saturated rings. The van der Waals surface area contributed by atoms with Gasteiger partial charge in [0.25, 0.3) is 0 Å². The maximum atomic E-state index is 12.4. The normalized spacial score (nSPS) is 10.6. The van der Waals surface area contributed by atoms with E-state index in [1.165, 1.54) is 17.0 Å². The number of thiophene rings is 1. The number of benzene rings is 1. The van der Waals surface area contributed by atoms with Gasteiger partial charge in [-0.25, -0.2) is 14.4 Å². The molecule has 0 unspecified atom stereocenters. The lowest BCUT2D eigenvalue weighted by atomic mass is 10.2. The molecule has 3 rings (SSSR count). The van der Waals surface area contributed by atoms with Gasteiger partial charge >= 0.3 is 17.6 Å². The number of fused-ring (bicyclic) bond motifs is 1. The molecule has 0 aliphatic carbocycles. The Balaban J connectivity index is 1.90. The molecule has 7 nitrogen and oxygen atoms in total. The van der Waals surface area contributed by atoms with Crippen LogP contribution in [0.3, 0.4) is 0 Å². The van der Waals surface area contributed by atoms with Gasteiger partial charge in [-0.1, -0.05) is 18.2 Å². The number of anilines is 2. The number of hydrogen-bond acceptors (Lipinski definition) is 5. The first-order valence-corrected chi connectivity index (χ1v) is 8.10. The zero-order valence-electron chi connectivity index (χ0n) is 13.4. The van der Waals surface area contributed by atoms with Gasteiger partial charge in [0.05, 0.1) is 4.70 Å². The van der Waals surface area contributed by atoms with Gasteiger partial charge in [-0.15, -0.1) is 11.3 Å². The molecule has 0 bridgehead atoms. The Morgan fingerprint density at radius 1 is 1.24 bits per heavy atom. The molecule has 3 aromatic rings. The molecule has 128 valence electrons. The number of hydrogen-bond donors (Lipinski definition) is 2. The highest BCUT2D eigenvalue weighted by molar-refractivity contribution is 7.22. The second-order valence-corrected chi connectivity index (χ2v) is 6.43. The molecule has 0 saturated carbocycles. The molecule has 25 heavy (non-hydrogen) atoms. The first kappa shape index (κ1) is 16.7. The van der Waals surface area contributed by atoms with Crippen molar-refractivity contribution in [3.8, 4) is 0 Å². The van der Waals surface area contributed by atoms with Gasteiger partial charge in [-0.3, -0.25) is 4.90 Å². The molecule has 0 saturated heterocycles. The van der Waals surface area contributed by atoms with Crippen molar-refractivity contribution in [1.82, 2.24) is 0 Å². The standard InChI is InChI=1S/C17H14N2O5S/c1-9-5-3-4-6-11(9)18-17(23)19(2)14-8-12-13(25-14)7-10(15(20)21)16(22)24-12/h3-8H,1-2H3,(H,18,23)(H,20,21). The second kappa shape index (κ2) is 6.40. The van der Waals surface area contributed by atoms with Gasteiger partial charge in [-0.2, -0.15) is 0 Å². The summed E-state index contributed by atoms with van der Waals surface area (Å²) in [6, 6.07) is 9.81. The Kier molecular flexibility index (Phi) is 4.28. The van der Waals surface area contributed by atoms with E-state index in [0.717, 1.165) is 16.9 Å². The van der Waals surface area contributed by atoms with E-state index in [1.54, 1.807) is 13.1 Å². The molecule has 0 aliphatic rings. The van der Waals surface area contributed by atoms with E-state index in [4.69, 9.17) is 9.52 Å². The van der Waals surface area contributed by atoms with Crippen LogP contribution in [0.2, 0.25) is 0 Å². The summed E-state index contributed by atoms with van der Waals surface area (Å²) in [5.74, 6) is -1.35. The number of carbonyl (C=O) groups is 2. The molecule has 2 heterocycles. The minimum absolute atomic E-state index is 0.241. The van der Waals surface area contributed by atoms with E-state index in [0.29, 0.717) is 15.4 Å². The predicted molar refractivity (Wildman–Crippen MR) is 95.9 cm³/mol.